The molecule has 1 aliphatic heterocycles. The van der Waals surface area contributed by atoms with Crippen molar-refractivity contribution in [3.63, 3.8) is 0 Å². The highest BCUT2D eigenvalue weighted by Gasteiger charge is 2.28. The van der Waals surface area contributed by atoms with Crippen molar-refractivity contribution in [2.24, 2.45) is 5.41 Å². The van der Waals surface area contributed by atoms with Crippen molar-refractivity contribution in [3.05, 3.63) is 34.7 Å². The van der Waals surface area contributed by atoms with Crippen molar-refractivity contribution in [2.75, 3.05) is 39.5 Å². The Kier molecular flexibility index (Phi) is 6.22. The Bertz CT molecular complexity index is 874. The van der Waals surface area contributed by atoms with E-state index in [0.717, 1.165) is 25.2 Å². The third-order valence-corrected chi connectivity index (χ3v) is 5.31. The number of carbonyl (C=O) groups is 1. The Morgan fingerprint density at radius 1 is 1.18 bits per heavy atom. The normalized spacial score (nSPS) is 17.0. The quantitative estimate of drug-likeness (QED) is 0.798. The van der Waals surface area contributed by atoms with Crippen LogP contribution in [0.1, 0.15) is 20.8 Å². The number of rotatable bonds is 5. The molecule has 1 aromatic carbocycles. The molecular formula is C20H30N4O4. The zero-order valence-electron chi connectivity index (χ0n) is 16.9. The van der Waals surface area contributed by atoms with E-state index >= 15 is 0 Å². The zero-order chi connectivity index (χ0) is 20.3. The summed E-state index contributed by atoms with van der Waals surface area (Å²) >= 11 is 0. The number of hydrogen-bond donors (Lipinski definition) is 2. The maximum atomic E-state index is 13.1. The lowest BCUT2D eigenvalue weighted by Crippen LogP contribution is -2.49. The van der Waals surface area contributed by atoms with Crippen LogP contribution in [-0.4, -0.2) is 70.7 Å². The van der Waals surface area contributed by atoms with Crippen LogP contribution < -0.4 is 11.0 Å². The fourth-order valence-electron chi connectivity index (χ4n) is 3.44. The Labute approximate surface area is 164 Å². The van der Waals surface area contributed by atoms with Gasteiger partial charge in [0.25, 0.3) is 0 Å². The molecule has 8 nitrogen and oxygen atoms in total. The van der Waals surface area contributed by atoms with Gasteiger partial charge in [-0.25, -0.2) is 14.2 Å². The lowest BCUT2D eigenvalue weighted by molar-refractivity contribution is 0.0364. The van der Waals surface area contributed by atoms with E-state index in [9.17, 15) is 14.7 Å². The van der Waals surface area contributed by atoms with E-state index in [1.54, 1.807) is 10.6 Å². The first kappa shape index (κ1) is 20.6. The molecule has 8 heteroatoms. The number of ether oxygens (including phenoxy) is 1. The first-order valence-electron chi connectivity index (χ1n) is 9.75. The predicted octanol–water partition coefficient (Wildman–Crippen LogP) is 1.10. The number of carbonyl (C=O) groups excluding carboxylic acids is 1. The van der Waals surface area contributed by atoms with Crippen LogP contribution in [-0.2, 0) is 11.3 Å². The van der Waals surface area contributed by atoms with Gasteiger partial charge in [-0.3, -0.25) is 9.47 Å². The van der Waals surface area contributed by atoms with Crippen molar-refractivity contribution in [3.8, 4) is 0 Å². The van der Waals surface area contributed by atoms with Gasteiger partial charge in [-0.1, -0.05) is 32.9 Å². The Hall–Kier alpha value is -2.16. The largest absolute Gasteiger partial charge is 0.394 e. The summed E-state index contributed by atoms with van der Waals surface area (Å²) in [6.07, 6.45) is 0. The maximum absolute atomic E-state index is 13.1. The third kappa shape index (κ3) is 4.29. The summed E-state index contributed by atoms with van der Waals surface area (Å²) in [7, 11) is 0. The van der Waals surface area contributed by atoms with Crippen molar-refractivity contribution in [1.82, 2.24) is 19.4 Å². The molecule has 28 heavy (non-hydrogen) atoms. The number of nitrogens with one attached hydrogen (secondary N) is 1. The van der Waals surface area contributed by atoms with Gasteiger partial charge in [0.2, 0.25) is 0 Å². The van der Waals surface area contributed by atoms with Gasteiger partial charge in [-0.15, -0.1) is 0 Å². The lowest BCUT2D eigenvalue weighted by atomic mass is 9.87. The van der Waals surface area contributed by atoms with E-state index < -0.39 is 12.1 Å². The summed E-state index contributed by atoms with van der Waals surface area (Å²) in [5, 5.41) is 12.5. The SMILES string of the molecule is CC(C)(C)[C@@H](CO)NC(=O)n1c(=O)n(CCN2CCOCC2)c2ccccc21. The van der Waals surface area contributed by atoms with Crippen molar-refractivity contribution >= 4 is 17.1 Å². The summed E-state index contributed by atoms with van der Waals surface area (Å²) < 4.78 is 8.19. The zero-order valence-corrected chi connectivity index (χ0v) is 16.9. The molecule has 1 atom stereocenters. The second-order valence-corrected chi connectivity index (χ2v) is 8.26. The number of hydrogen-bond acceptors (Lipinski definition) is 5. The van der Waals surface area contributed by atoms with E-state index in [2.05, 4.69) is 10.2 Å². The average molecular weight is 390 g/mol. The van der Waals surface area contributed by atoms with Gasteiger partial charge in [0.1, 0.15) is 0 Å². The molecule has 1 fully saturated rings. The molecular weight excluding hydrogens is 360 g/mol. The number of aromatic nitrogens is 2. The number of morpholine rings is 1. The average Bonchev–Trinajstić information content (AvgIpc) is 2.95. The van der Waals surface area contributed by atoms with Gasteiger partial charge in [0, 0.05) is 26.2 Å². The second kappa shape index (κ2) is 8.46. The second-order valence-electron chi connectivity index (χ2n) is 8.26. The molecule has 2 N–H and O–H groups in total. The summed E-state index contributed by atoms with van der Waals surface area (Å²) in [5.41, 5.74) is 0.602. The molecule has 1 amide bonds. The van der Waals surface area contributed by atoms with E-state index in [1.165, 1.54) is 4.57 Å². The van der Waals surface area contributed by atoms with Crippen LogP contribution in [0.2, 0.25) is 0 Å². The highest BCUT2D eigenvalue weighted by atomic mass is 16.5. The van der Waals surface area contributed by atoms with Gasteiger partial charge in [0.15, 0.2) is 0 Å². The molecule has 2 heterocycles. The molecule has 0 aliphatic carbocycles. The minimum atomic E-state index is -0.514. The van der Waals surface area contributed by atoms with Gasteiger partial charge in [0.05, 0.1) is 36.9 Å². The van der Waals surface area contributed by atoms with Crippen LogP contribution in [0.5, 0.6) is 0 Å². The molecule has 0 spiro atoms. The van der Waals surface area contributed by atoms with E-state index in [1.807, 2.05) is 39.0 Å². The van der Waals surface area contributed by atoms with E-state index in [4.69, 9.17) is 4.74 Å². The topological polar surface area (TPSA) is 88.7 Å². The van der Waals surface area contributed by atoms with Crippen LogP contribution >= 0.6 is 0 Å². The van der Waals surface area contributed by atoms with Crippen molar-refractivity contribution in [1.29, 1.82) is 0 Å². The Morgan fingerprint density at radius 2 is 1.82 bits per heavy atom. The number of nitrogens with zero attached hydrogens (tertiary/aromatic N) is 3. The summed E-state index contributed by atoms with van der Waals surface area (Å²) in [6, 6.07) is 6.33. The molecule has 1 saturated heterocycles. The number of aliphatic hydroxyl groups is 1. The Balaban J connectivity index is 1.89. The van der Waals surface area contributed by atoms with Crippen LogP contribution in [0, 0.1) is 5.41 Å². The molecule has 0 unspecified atom stereocenters. The monoisotopic (exact) mass is 390 g/mol. The first-order chi connectivity index (χ1) is 13.3. The predicted molar refractivity (Wildman–Crippen MR) is 108 cm³/mol. The highest BCUT2D eigenvalue weighted by molar-refractivity contribution is 5.89. The number of fused-ring (bicyclic) bond motifs is 1. The van der Waals surface area contributed by atoms with Crippen LogP contribution in [0.15, 0.2) is 29.1 Å². The fraction of sp³-hybridized carbons (Fsp3) is 0.600. The number of aliphatic hydroxyl groups excluding tert-OH is 1. The van der Waals surface area contributed by atoms with Crippen LogP contribution in [0.25, 0.3) is 11.0 Å². The van der Waals surface area contributed by atoms with Crippen LogP contribution in [0.3, 0.4) is 0 Å². The number of benzene rings is 1. The Morgan fingerprint density at radius 3 is 2.43 bits per heavy atom. The highest BCUT2D eigenvalue weighted by Crippen LogP contribution is 2.19. The third-order valence-electron chi connectivity index (χ3n) is 5.31. The molecule has 0 radical (unpaired) electrons. The fourth-order valence-corrected chi connectivity index (χ4v) is 3.44. The van der Waals surface area contributed by atoms with Crippen molar-refractivity contribution in [2.45, 2.75) is 33.4 Å². The lowest BCUT2D eigenvalue weighted by Gasteiger charge is -2.29. The number of imidazole rings is 1. The van der Waals surface area contributed by atoms with E-state index in [-0.39, 0.29) is 17.7 Å². The van der Waals surface area contributed by atoms with E-state index in [0.29, 0.717) is 25.3 Å². The standard InChI is InChI=1S/C20H30N4O4/c1-20(2,3)17(14-25)21-18(26)24-16-7-5-4-6-15(16)23(19(24)27)9-8-22-10-12-28-13-11-22/h4-7,17,25H,8-14H2,1-3H3,(H,21,26)/t17-/m1/s1. The molecule has 154 valence electrons. The first-order valence-corrected chi connectivity index (χ1v) is 9.75. The molecule has 0 saturated carbocycles. The molecule has 1 aromatic heterocycles. The molecule has 3 rings (SSSR count). The maximum Gasteiger partial charge on any atom is 0.337 e. The minimum Gasteiger partial charge on any atom is -0.394 e. The molecule has 1 aliphatic rings. The molecule has 0 bridgehead atoms. The van der Waals surface area contributed by atoms with Gasteiger partial charge in [-0.05, 0) is 17.5 Å². The summed E-state index contributed by atoms with van der Waals surface area (Å²) in [5.74, 6) is 0. The smallest absolute Gasteiger partial charge is 0.337 e. The van der Waals surface area contributed by atoms with Gasteiger partial charge >= 0.3 is 11.7 Å². The van der Waals surface area contributed by atoms with Gasteiger partial charge < -0.3 is 15.2 Å². The minimum absolute atomic E-state index is 0.195. The van der Waals surface area contributed by atoms with Crippen molar-refractivity contribution < 1.29 is 14.6 Å². The number of amides is 1. The summed E-state index contributed by atoms with van der Waals surface area (Å²) in [6.45, 7) is 9.92. The summed E-state index contributed by atoms with van der Waals surface area (Å²) in [4.78, 5) is 28.3. The van der Waals surface area contributed by atoms with Crippen LogP contribution in [0.4, 0.5) is 4.79 Å². The molecule has 2 aromatic rings. The van der Waals surface area contributed by atoms with Gasteiger partial charge in [-0.2, -0.15) is 0 Å². The number of para-hydroxylation sites is 2.